The molecular weight excluding hydrogens is 208 g/mol. The molecule has 0 aromatic carbocycles. The Labute approximate surface area is 96.8 Å². The molecule has 1 saturated heterocycles. The van der Waals surface area contributed by atoms with Crippen molar-refractivity contribution in [2.24, 2.45) is 5.92 Å². The fourth-order valence-electron chi connectivity index (χ4n) is 2.16. The second kappa shape index (κ2) is 5.12. The van der Waals surface area contributed by atoms with Gasteiger partial charge in [0.15, 0.2) is 5.11 Å². The van der Waals surface area contributed by atoms with Crippen molar-refractivity contribution in [2.45, 2.75) is 38.1 Å². The van der Waals surface area contributed by atoms with Crippen molar-refractivity contribution in [2.75, 3.05) is 19.7 Å². The van der Waals surface area contributed by atoms with E-state index >= 15 is 0 Å². The highest BCUT2D eigenvalue weighted by Gasteiger charge is 2.26. The summed E-state index contributed by atoms with van der Waals surface area (Å²) < 4.78 is 0. The van der Waals surface area contributed by atoms with Gasteiger partial charge in [-0.15, -0.1) is 0 Å². The van der Waals surface area contributed by atoms with Gasteiger partial charge in [0.2, 0.25) is 0 Å². The second-order valence-electron chi connectivity index (χ2n) is 4.69. The molecule has 1 unspecified atom stereocenters. The van der Waals surface area contributed by atoms with Gasteiger partial charge in [-0.3, -0.25) is 0 Å². The number of likely N-dealkylation sites (tertiary alicyclic amines) is 1. The fraction of sp³-hybridized carbons (Fsp3) is 0.909. The zero-order chi connectivity index (χ0) is 10.7. The lowest BCUT2D eigenvalue weighted by Crippen LogP contribution is -2.46. The number of nitrogens with zero attached hydrogens (tertiary/aromatic N) is 1. The van der Waals surface area contributed by atoms with Gasteiger partial charge in [-0.2, -0.15) is 0 Å². The quantitative estimate of drug-likeness (QED) is 0.710. The third kappa shape index (κ3) is 3.31. The van der Waals surface area contributed by atoms with Crippen molar-refractivity contribution in [3.8, 4) is 0 Å². The molecule has 1 aliphatic heterocycles. The van der Waals surface area contributed by atoms with Gasteiger partial charge in [0.1, 0.15) is 0 Å². The predicted octanol–water partition coefficient (Wildman–Crippen LogP) is 1.12. The molecule has 0 aromatic heterocycles. The third-order valence-electron chi connectivity index (χ3n) is 3.25. The summed E-state index contributed by atoms with van der Waals surface area (Å²) in [5, 5.41) is 13.2. The van der Waals surface area contributed by atoms with Crippen LogP contribution in [0.3, 0.4) is 0 Å². The summed E-state index contributed by atoms with van der Waals surface area (Å²) >= 11 is 5.38. The van der Waals surface area contributed by atoms with Crippen molar-refractivity contribution in [3.05, 3.63) is 0 Å². The first-order valence-electron chi connectivity index (χ1n) is 5.96. The SMILES string of the molecule is OCCC1CCCN(C(=S)NC2CC2)C1. The number of aliphatic hydroxyl groups excluding tert-OH is 1. The lowest BCUT2D eigenvalue weighted by Gasteiger charge is -2.34. The maximum absolute atomic E-state index is 8.93. The van der Waals surface area contributed by atoms with E-state index in [0.717, 1.165) is 24.6 Å². The normalized spacial score (nSPS) is 26.5. The summed E-state index contributed by atoms with van der Waals surface area (Å²) in [6, 6.07) is 0.649. The number of thiocarbonyl (C=S) groups is 1. The van der Waals surface area contributed by atoms with Gasteiger partial charge >= 0.3 is 0 Å². The van der Waals surface area contributed by atoms with Crippen LogP contribution in [0.1, 0.15) is 32.1 Å². The van der Waals surface area contributed by atoms with Crippen molar-refractivity contribution in [3.63, 3.8) is 0 Å². The van der Waals surface area contributed by atoms with E-state index < -0.39 is 0 Å². The van der Waals surface area contributed by atoms with Gasteiger partial charge in [-0.1, -0.05) is 0 Å². The smallest absolute Gasteiger partial charge is 0.169 e. The van der Waals surface area contributed by atoms with Crippen LogP contribution in [0.2, 0.25) is 0 Å². The second-order valence-corrected chi connectivity index (χ2v) is 5.08. The molecule has 1 atom stereocenters. The first-order valence-corrected chi connectivity index (χ1v) is 6.36. The van der Waals surface area contributed by atoms with E-state index in [9.17, 15) is 0 Å². The lowest BCUT2D eigenvalue weighted by molar-refractivity contribution is 0.197. The van der Waals surface area contributed by atoms with Crippen LogP contribution in [-0.2, 0) is 0 Å². The summed E-state index contributed by atoms with van der Waals surface area (Å²) in [5.74, 6) is 0.628. The Balaban J connectivity index is 1.77. The summed E-state index contributed by atoms with van der Waals surface area (Å²) in [7, 11) is 0. The highest BCUT2D eigenvalue weighted by Crippen LogP contribution is 2.22. The molecule has 3 nitrogen and oxygen atoms in total. The zero-order valence-electron chi connectivity index (χ0n) is 9.11. The predicted molar refractivity (Wildman–Crippen MR) is 64.8 cm³/mol. The Morgan fingerprint density at radius 1 is 1.40 bits per heavy atom. The van der Waals surface area contributed by atoms with Crippen LogP contribution in [0.4, 0.5) is 0 Å². The van der Waals surface area contributed by atoms with E-state index in [1.807, 2.05) is 0 Å². The Morgan fingerprint density at radius 3 is 2.87 bits per heavy atom. The Hall–Kier alpha value is -0.350. The molecule has 4 heteroatoms. The van der Waals surface area contributed by atoms with E-state index in [4.69, 9.17) is 17.3 Å². The number of aliphatic hydroxyl groups is 1. The molecule has 0 aromatic rings. The van der Waals surface area contributed by atoms with Crippen LogP contribution in [0.5, 0.6) is 0 Å². The van der Waals surface area contributed by atoms with Gasteiger partial charge in [0, 0.05) is 25.7 Å². The average molecular weight is 228 g/mol. The van der Waals surface area contributed by atoms with Crippen LogP contribution in [-0.4, -0.2) is 40.9 Å². The number of nitrogens with one attached hydrogen (secondary N) is 1. The first kappa shape index (κ1) is 11.1. The van der Waals surface area contributed by atoms with Gasteiger partial charge in [-0.25, -0.2) is 0 Å². The van der Waals surface area contributed by atoms with Gasteiger partial charge < -0.3 is 15.3 Å². The molecule has 15 heavy (non-hydrogen) atoms. The average Bonchev–Trinajstić information content (AvgIpc) is 3.03. The van der Waals surface area contributed by atoms with Crippen LogP contribution >= 0.6 is 12.2 Å². The highest BCUT2D eigenvalue weighted by atomic mass is 32.1. The number of hydrogen-bond donors (Lipinski definition) is 2. The first-order chi connectivity index (χ1) is 7.29. The van der Waals surface area contributed by atoms with Gasteiger partial charge in [0.25, 0.3) is 0 Å². The molecule has 1 saturated carbocycles. The van der Waals surface area contributed by atoms with E-state index in [2.05, 4.69) is 10.2 Å². The monoisotopic (exact) mass is 228 g/mol. The number of hydrogen-bond acceptors (Lipinski definition) is 2. The maximum atomic E-state index is 8.93. The molecule has 2 rings (SSSR count). The molecule has 0 bridgehead atoms. The number of piperidine rings is 1. The van der Waals surface area contributed by atoms with E-state index in [-0.39, 0.29) is 0 Å². The van der Waals surface area contributed by atoms with Crippen LogP contribution in [0.25, 0.3) is 0 Å². The van der Waals surface area contributed by atoms with Crippen molar-refractivity contribution >= 4 is 17.3 Å². The van der Waals surface area contributed by atoms with Crippen molar-refractivity contribution in [1.82, 2.24) is 10.2 Å². The fourth-order valence-corrected chi connectivity index (χ4v) is 2.49. The van der Waals surface area contributed by atoms with E-state index in [1.54, 1.807) is 0 Å². The highest BCUT2D eigenvalue weighted by molar-refractivity contribution is 7.80. The minimum atomic E-state index is 0.307. The summed E-state index contributed by atoms with van der Waals surface area (Å²) in [5.41, 5.74) is 0. The molecule has 2 aliphatic rings. The Kier molecular flexibility index (Phi) is 3.81. The maximum Gasteiger partial charge on any atom is 0.169 e. The number of rotatable bonds is 3. The van der Waals surface area contributed by atoms with Crippen molar-refractivity contribution in [1.29, 1.82) is 0 Å². The minimum absolute atomic E-state index is 0.307. The van der Waals surface area contributed by atoms with Crippen molar-refractivity contribution < 1.29 is 5.11 Å². The Morgan fingerprint density at radius 2 is 2.20 bits per heavy atom. The molecule has 2 N–H and O–H groups in total. The van der Waals surface area contributed by atoms with E-state index in [1.165, 1.54) is 25.7 Å². The Bertz CT molecular complexity index is 229. The van der Waals surface area contributed by atoms with Crippen LogP contribution < -0.4 is 5.32 Å². The largest absolute Gasteiger partial charge is 0.396 e. The molecule has 0 spiro atoms. The molecule has 86 valence electrons. The molecule has 1 heterocycles. The summed E-state index contributed by atoms with van der Waals surface area (Å²) in [4.78, 5) is 2.28. The van der Waals surface area contributed by atoms with Crippen LogP contribution in [0, 0.1) is 5.92 Å². The van der Waals surface area contributed by atoms with Gasteiger partial charge in [0.05, 0.1) is 0 Å². The molecule has 2 fully saturated rings. The third-order valence-corrected chi connectivity index (χ3v) is 3.62. The summed E-state index contributed by atoms with van der Waals surface area (Å²) in [6.07, 6.45) is 5.91. The van der Waals surface area contributed by atoms with Crippen LogP contribution in [0.15, 0.2) is 0 Å². The summed E-state index contributed by atoms with van der Waals surface area (Å²) in [6.45, 7) is 2.42. The van der Waals surface area contributed by atoms with E-state index in [0.29, 0.717) is 18.6 Å². The standard InChI is InChI=1S/C11H20N2OS/c14-7-5-9-2-1-6-13(8-9)11(15)12-10-3-4-10/h9-10,14H,1-8H2,(H,12,15). The lowest BCUT2D eigenvalue weighted by atomic mass is 9.95. The molecule has 0 radical (unpaired) electrons. The molecule has 1 aliphatic carbocycles. The minimum Gasteiger partial charge on any atom is -0.396 e. The van der Waals surface area contributed by atoms with Gasteiger partial charge in [-0.05, 0) is 50.2 Å². The topological polar surface area (TPSA) is 35.5 Å². The molecular formula is C11H20N2OS. The zero-order valence-corrected chi connectivity index (χ0v) is 9.93. The molecule has 0 amide bonds.